The molecule has 0 amide bonds. The Kier molecular flexibility index (Phi) is 8.29. The second-order valence-electron chi connectivity index (χ2n) is 8.09. The third-order valence-electron chi connectivity index (χ3n) is 5.64. The Morgan fingerprint density at radius 3 is 1.54 bits per heavy atom. The summed E-state index contributed by atoms with van der Waals surface area (Å²) in [5.74, 6) is -0.0858. The molecule has 0 saturated carbocycles. The highest BCUT2D eigenvalue weighted by molar-refractivity contribution is 7.99. The minimum atomic E-state index is -0.321. The van der Waals surface area contributed by atoms with Crippen LogP contribution in [0.4, 0.5) is 0 Å². The number of rotatable bonds is 7. The minimum Gasteiger partial charge on any atom is -0.289 e. The molecule has 0 aliphatic heterocycles. The van der Waals surface area contributed by atoms with Gasteiger partial charge >= 0.3 is 0 Å². The summed E-state index contributed by atoms with van der Waals surface area (Å²) in [6.07, 6.45) is 0. The molecule has 0 spiro atoms. The van der Waals surface area contributed by atoms with E-state index >= 15 is 0 Å². The topological polar surface area (TPSA) is 17.1 Å². The molecule has 6 heteroatoms. The van der Waals surface area contributed by atoms with E-state index in [0.717, 1.165) is 9.79 Å². The molecule has 0 aliphatic carbocycles. The Labute approximate surface area is 238 Å². The fourth-order valence-electron chi connectivity index (χ4n) is 3.85. The molecular weight excluding hydrogens is 559 g/mol. The third-order valence-corrected chi connectivity index (χ3v) is 9.78. The fraction of sp³-hybridized carbons (Fsp3) is 0. The summed E-state index contributed by atoms with van der Waals surface area (Å²) >= 11 is 20.2. The van der Waals surface area contributed by atoms with Crippen molar-refractivity contribution in [2.24, 2.45) is 0 Å². The molecular formula is C31H20Cl3OS2+. The molecule has 0 unspecified atom stereocenters. The lowest BCUT2D eigenvalue weighted by molar-refractivity contribution is 0.103. The van der Waals surface area contributed by atoms with E-state index in [-0.39, 0.29) is 16.7 Å². The lowest BCUT2D eigenvalue weighted by Gasteiger charge is -2.11. The van der Waals surface area contributed by atoms with Gasteiger partial charge in [-0.25, -0.2) is 0 Å². The lowest BCUT2D eigenvalue weighted by atomic mass is 10.0. The quantitative estimate of drug-likeness (QED) is 0.141. The summed E-state index contributed by atoms with van der Waals surface area (Å²) in [6.45, 7) is 0. The van der Waals surface area contributed by atoms with Gasteiger partial charge in [0.05, 0.1) is 15.9 Å². The van der Waals surface area contributed by atoms with Gasteiger partial charge in [0.15, 0.2) is 20.5 Å². The van der Waals surface area contributed by atoms with E-state index < -0.39 is 0 Å². The molecule has 0 saturated heterocycles. The van der Waals surface area contributed by atoms with Crippen LogP contribution in [0.5, 0.6) is 0 Å². The Morgan fingerprint density at radius 2 is 1.00 bits per heavy atom. The summed E-state index contributed by atoms with van der Waals surface area (Å²) in [4.78, 5) is 18.7. The molecule has 1 nitrogen and oxygen atoms in total. The van der Waals surface area contributed by atoms with Crippen LogP contribution in [0.3, 0.4) is 0 Å². The highest BCUT2D eigenvalue weighted by Gasteiger charge is 2.28. The molecule has 0 aliphatic rings. The van der Waals surface area contributed by atoms with Crippen LogP contribution in [0.25, 0.3) is 0 Å². The number of carbonyl (C=O) groups is 1. The van der Waals surface area contributed by atoms with Crippen LogP contribution in [-0.2, 0) is 10.9 Å². The van der Waals surface area contributed by atoms with E-state index in [9.17, 15) is 4.79 Å². The van der Waals surface area contributed by atoms with Crippen molar-refractivity contribution in [3.8, 4) is 0 Å². The maximum absolute atomic E-state index is 13.3. The van der Waals surface area contributed by atoms with Crippen LogP contribution in [0.15, 0.2) is 146 Å². The molecule has 0 N–H and O–H groups in total. The molecule has 5 rings (SSSR count). The molecule has 37 heavy (non-hydrogen) atoms. The van der Waals surface area contributed by atoms with E-state index in [1.165, 1.54) is 14.7 Å². The normalized spacial score (nSPS) is 11.0. The van der Waals surface area contributed by atoms with Crippen molar-refractivity contribution in [1.82, 2.24) is 0 Å². The van der Waals surface area contributed by atoms with Gasteiger partial charge in [-0.1, -0.05) is 70.8 Å². The van der Waals surface area contributed by atoms with E-state index in [0.29, 0.717) is 26.2 Å². The van der Waals surface area contributed by atoms with E-state index in [1.807, 2.05) is 60.7 Å². The van der Waals surface area contributed by atoms with Crippen molar-refractivity contribution in [3.05, 3.63) is 148 Å². The number of benzene rings is 5. The second-order valence-corrected chi connectivity index (χ2v) is 12.5. The first-order chi connectivity index (χ1) is 18.0. The van der Waals surface area contributed by atoms with Gasteiger partial charge in [-0.2, -0.15) is 0 Å². The third kappa shape index (κ3) is 6.09. The molecule has 5 aromatic rings. The van der Waals surface area contributed by atoms with Gasteiger partial charge in [0.25, 0.3) is 0 Å². The Hall–Kier alpha value is -2.66. The first-order valence-corrected chi connectivity index (χ1v) is 14.6. The molecule has 182 valence electrons. The molecule has 0 radical (unpaired) electrons. The van der Waals surface area contributed by atoms with Crippen LogP contribution in [0.1, 0.15) is 15.9 Å². The standard InChI is InChI=1S/C31H20Cl3OS2/c32-21-9-15-24(16-10-21)37(25-17-11-22(33)12-18-25)26-19-13-23(14-20-26)36-30-8-4-2-6-28(30)31(35)27-5-1-3-7-29(27)34/h1-20H/q+1. The average molecular weight is 579 g/mol. The zero-order chi connectivity index (χ0) is 25.8. The second kappa shape index (κ2) is 11.8. The highest BCUT2D eigenvalue weighted by atomic mass is 35.5. The van der Waals surface area contributed by atoms with Gasteiger partial charge in [-0.15, -0.1) is 0 Å². The summed E-state index contributed by atoms with van der Waals surface area (Å²) in [6, 6.07) is 39.2. The van der Waals surface area contributed by atoms with Gasteiger partial charge in [-0.3, -0.25) is 4.79 Å². The summed E-state index contributed by atoms with van der Waals surface area (Å²) in [5.41, 5.74) is 1.13. The maximum atomic E-state index is 13.3. The Morgan fingerprint density at radius 1 is 0.541 bits per heavy atom. The number of hydrogen-bond donors (Lipinski definition) is 0. The maximum Gasteiger partial charge on any atom is 0.195 e. The predicted octanol–water partition coefficient (Wildman–Crippen LogP) is 10.1. The minimum absolute atomic E-state index is 0.0858. The van der Waals surface area contributed by atoms with Crippen molar-refractivity contribution in [2.75, 3.05) is 0 Å². The van der Waals surface area contributed by atoms with Crippen LogP contribution in [0, 0.1) is 0 Å². The monoisotopic (exact) mass is 577 g/mol. The van der Waals surface area contributed by atoms with Crippen molar-refractivity contribution in [1.29, 1.82) is 0 Å². The molecule has 0 aromatic heterocycles. The highest BCUT2D eigenvalue weighted by Crippen LogP contribution is 2.36. The number of ketones is 1. The van der Waals surface area contributed by atoms with E-state index in [4.69, 9.17) is 34.8 Å². The zero-order valence-corrected chi connectivity index (χ0v) is 23.3. The largest absolute Gasteiger partial charge is 0.289 e. The summed E-state index contributed by atoms with van der Waals surface area (Å²) < 4.78 is 0. The van der Waals surface area contributed by atoms with Gasteiger partial charge < -0.3 is 0 Å². The van der Waals surface area contributed by atoms with Crippen LogP contribution < -0.4 is 0 Å². The first kappa shape index (κ1) is 26.0. The van der Waals surface area contributed by atoms with E-state index in [2.05, 4.69) is 48.5 Å². The fourth-order valence-corrected chi connectivity index (χ4v) is 7.31. The SMILES string of the molecule is O=C(c1ccccc1Cl)c1ccccc1Sc1ccc([S+](c2ccc(Cl)cc2)c2ccc(Cl)cc2)cc1. The van der Waals surface area contributed by atoms with E-state index in [1.54, 1.807) is 23.9 Å². The first-order valence-electron chi connectivity index (χ1n) is 11.4. The van der Waals surface area contributed by atoms with Crippen molar-refractivity contribution >= 4 is 63.2 Å². The van der Waals surface area contributed by atoms with Gasteiger partial charge in [-0.05, 0) is 97.1 Å². The summed E-state index contributed by atoms with van der Waals surface area (Å²) in [7, 11) is -0.321. The molecule has 0 fully saturated rings. The number of hydrogen-bond acceptors (Lipinski definition) is 2. The summed E-state index contributed by atoms with van der Waals surface area (Å²) in [5, 5.41) is 1.87. The average Bonchev–Trinajstić information content (AvgIpc) is 2.92. The van der Waals surface area contributed by atoms with Crippen LogP contribution in [-0.4, -0.2) is 5.78 Å². The van der Waals surface area contributed by atoms with Crippen LogP contribution >= 0.6 is 46.6 Å². The van der Waals surface area contributed by atoms with Crippen LogP contribution in [0.2, 0.25) is 15.1 Å². The van der Waals surface area contributed by atoms with Gasteiger partial charge in [0.2, 0.25) is 0 Å². The zero-order valence-electron chi connectivity index (χ0n) is 19.4. The lowest BCUT2D eigenvalue weighted by Crippen LogP contribution is -2.05. The Bertz CT molecular complexity index is 1490. The van der Waals surface area contributed by atoms with Crippen molar-refractivity contribution in [3.63, 3.8) is 0 Å². The molecule has 0 heterocycles. The van der Waals surface area contributed by atoms with Gasteiger partial charge in [0, 0.05) is 31.0 Å². The number of carbonyl (C=O) groups excluding carboxylic acids is 1. The van der Waals surface area contributed by atoms with Crippen molar-refractivity contribution in [2.45, 2.75) is 24.5 Å². The Balaban J connectivity index is 1.45. The van der Waals surface area contributed by atoms with Crippen molar-refractivity contribution < 1.29 is 4.79 Å². The molecule has 0 atom stereocenters. The predicted molar refractivity (Wildman–Crippen MR) is 157 cm³/mol. The molecule has 0 bridgehead atoms. The molecule has 5 aromatic carbocycles. The number of halogens is 3. The van der Waals surface area contributed by atoms with Gasteiger partial charge in [0.1, 0.15) is 0 Å². The smallest absolute Gasteiger partial charge is 0.195 e.